The molecule has 0 unspecified atom stereocenters. The molecule has 0 radical (unpaired) electrons. The van der Waals surface area contributed by atoms with Crippen molar-refractivity contribution >= 4 is 41.8 Å². The first-order valence-electron chi connectivity index (χ1n) is 8.79. The minimum atomic E-state index is -4.42. The molecule has 164 valence electrons. The summed E-state index contributed by atoms with van der Waals surface area (Å²) in [6.07, 6.45) is -2.49. The van der Waals surface area contributed by atoms with Crippen LogP contribution in [0, 0.1) is 5.92 Å². The van der Waals surface area contributed by atoms with Crippen molar-refractivity contribution in [1.29, 1.82) is 0 Å². The maximum absolute atomic E-state index is 12.9. The molecular formula is C18H25Cl2F3N4O2. The summed E-state index contributed by atoms with van der Waals surface area (Å²) in [7, 11) is 3.32. The monoisotopic (exact) mass is 456 g/mol. The lowest BCUT2D eigenvalue weighted by Crippen LogP contribution is -2.45. The number of halogens is 5. The Morgan fingerprint density at radius 1 is 1.34 bits per heavy atom. The maximum atomic E-state index is 12.9. The number of hydrogen-bond donors (Lipinski definition) is 2. The van der Waals surface area contributed by atoms with Crippen LogP contribution in [0.3, 0.4) is 0 Å². The van der Waals surface area contributed by atoms with E-state index in [0.717, 1.165) is 18.6 Å². The van der Waals surface area contributed by atoms with Gasteiger partial charge in [0.2, 0.25) is 5.91 Å². The Hall–Kier alpha value is -1.55. The average Bonchev–Trinajstić information content (AvgIpc) is 2.94. The Kier molecular flexibility index (Phi) is 8.76. The summed E-state index contributed by atoms with van der Waals surface area (Å²) in [6.45, 7) is 0.144. The lowest BCUT2D eigenvalue weighted by Gasteiger charge is -2.32. The van der Waals surface area contributed by atoms with E-state index in [0.29, 0.717) is 24.2 Å². The van der Waals surface area contributed by atoms with E-state index in [4.69, 9.17) is 10.5 Å². The number of carbonyl (C=O) groups is 1. The third-order valence-electron chi connectivity index (χ3n) is 5.23. The minimum Gasteiger partial charge on any atom is -0.380 e. The van der Waals surface area contributed by atoms with Crippen LogP contribution in [0.25, 0.3) is 11.0 Å². The Labute approximate surface area is 179 Å². The van der Waals surface area contributed by atoms with E-state index in [2.05, 4.69) is 10.3 Å². The number of methoxy groups -OCH3 is 1. The Morgan fingerprint density at radius 3 is 2.62 bits per heavy atom. The molecule has 2 aromatic rings. The molecular weight excluding hydrogens is 432 g/mol. The van der Waals surface area contributed by atoms with Gasteiger partial charge in [-0.3, -0.25) is 4.79 Å². The number of nitrogens with one attached hydrogen (secondary N) is 1. The Morgan fingerprint density at radius 2 is 2.03 bits per heavy atom. The van der Waals surface area contributed by atoms with Crippen LogP contribution in [0.1, 0.15) is 30.7 Å². The summed E-state index contributed by atoms with van der Waals surface area (Å²) in [6, 6.07) is 3.26. The zero-order chi connectivity index (χ0) is 19.8. The quantitative estimate of drug-likeness (QED) is 0.739. The van der Waals surface area contributed by atoms with Crippen LogP contribution < -0.4 is 11.1 Å². The van der Waals surface area contributed by atoms with E-state index in [-0.39, 0.29) is 60.8 Å². The standard InChI is InChI=1S/C18H23F3N4O2.2ClH/c1-25-14-5-4-11(18(19,20)21)8-13(14)24-16(25)9-23-17(26)10-3-6-15(27-2)12(22)7-10;;/h4-5,8,10,12,15H,3,6-7,9,22H2,1-2H3,(H,23,26);2*1H/t10-,12+,15+;;/m0../s1. The van der Waals surface area contributed by atoms with Crippen LogP contribution in [0.2, 0.25) is 0 Å². The number of carbonyl (C=O) groups excluding carboxylic acids is 1. The third-order valence-corrected chi connectivity index (χ3v) is 5.23. The third kappa shape index (κ3) is 5.53. The molecule has 6 nitrogen and oxygen atoms in total. The van der Waals surface area contributed by atoms with E-state index in [1.54, 1.807) is 18.7 Å². The highest BCUT2D eigenvalue weighted by atomic mass is 35.5. The van der Waals surface area contributed by atoms with Gasteiger partial charge in [0.25, 0.3) is 0 Å². The summed E-state index contributed by atoms with van der Waals surface area (Å²) in [5.41, 5.74) is 6.12. The molecule has 0 aliphatic heterocycles. The van der Waals surface area contributed by atoms with Crippen molar-refractivity contribution in [3.63, 3.8) is 0 Å². The number of nitrogens with two attached hydrogens (primary N) is 1. The van der Waals surface area contributed by atoms with Gasteiger partial charge < -0.3 is 20.4 Å². The minimum absolute atomic E-state index is 0. The van der Waals surface area contributed by atoms with E-state index in [1.807, 2.05) is 0 Å². The van der Waals surface area contributed by atoms with Crippen LogP contribution in [0.15, 0.2) is 18.2 Å². The molecule has 1 aromatic carbocycles. The summed E-state index contributed by atoms with van der Waals surface area (Å²) in [4.78, 5) is 16.7. The Bertz CT molecular complexity index is 844. The molecule has 1 heterocycles. The fraction of sp³-hybridized carbons (Fsp3) is 0.556. The van der Waals surface area contributed by atoms with Gasteiger partial charge in [-0.25, -0.2) is 4.98 Å². The van der Waals surface area contributed by atoms with Gasteiger partial charge in [-0.2, -0.15) is 13.2 Å². The fourth-order valence-electron chi connectivity index (χ4n) is 3.60. The Balaban J connectivity index is 0.00000210. The van der Waals surface area contributed by atoms with E-state index >= 15 is 0 Å². The molecule has 1 aliphatic carbocycles. The van der Waals surface area contributed by atoms with E-state index in [9.17, 15) is 18.0 Å². The number of fused-ring (bicyclic) bond motifs is 1. The number of benzene rings is 1. The predicted molar refractivity (Wildman–Crippen MR) is 108 cm³/mol. The van der Waals surface area contributed by atoms with Gasteiger partial charge in [0.05, 0.1) is 29.2 Å². The van der Waals surface area contributed by atoms with Crippen molar-refractivity contribution in [2.24, 2.45) is 18.7 Å². The van der Waals surface area contributed by atoms with Crippen molar-refractivity contribution in [2.45, 2.75) is 44.1 Å². The molecule has 1 saturated carbocycles. The number of imidazole rings is 1. The van der Waals surface area contributed by atoms with Crippen molar-refractivity contribution in [1.82, 2.24) is 14.9 Å². The fourth-order valence-corrected chi connectivity index (χ4v) is 3.60. The second kappa shape index (κ2) is 9.97. The number of aryl methyl sites for hydroxylation is 1. The van der Waals surface area contributed by atoms with Crippen LogP contribution in [-0.4, -0.2) is 34.7 Å². The first-order valence-corrected chi connectivity index (χ1v) is 8.79. The van der Waals surface area contributed by atoms with E-state index < -0.39 is 11.7 Å². The molecule has 29 heavy (non-hydrogen) atoms. The van der Waals surface area contributed by atoms with Crippen molar-refractivity contribution < 1.29 is 22.7 Å². The summed E-state index contributed by atoms with van der Waals surface area (Å²) in [5.74, 6) is 0.175. The molecule has 1 amide bonds. The molecule has 3 atom stereocenters. The molecule has 1 aromatic heterocycles. The molecule has 1 fully saturated rings. The van der Waals surface area contributed by atoms with Gasteiger partial charge >= 0.3 is 6.18 Å². The van der Waals surface area contributed by atoms with Gasteiger partial charge in [-0.15, -0.1) is 24.8 Å². The largest absolute Gasteiger partial charge is 0.416 e. The van der Waals surface area contributed by atoms with Crippen LogP contribution in [-0.2, 0) is 29.3 Å². The van der Waals surface area contributed by atoms with Gasteiger partial charge in [0.15, 0.2) is 0 Å². The molecule has 11 heteroatoms. The highest BCUT2D eigenvalue weighted by Gasteiger charge is 2.32. The molecule has 0 saturated heterocycles. The topological polar surface area (TPSA) is 82.2 Å². The zero-order valence-corrected chi connectivity index (χ0v) is 17.7. The number of aromatic nitrogens is 2. The number of rotatable bonds is 4. The molecule has 3 N–H and O–H groups in total. The van der Waals surface area contributed by atoms with Gasteiger partial charge in [0, 0.05) is 26.1 Å². The zero-order valence-electron chi connectivity index (χ0n) is 16.0. The number of ether oxygens (including phenoxy) is 1. The molecule has 0 spiro atoms. The van der Waals surface area contributed by atoms with Gasteiger partial charge in [0.1, 0.15) is 5.82 Å². The number of alkyl halides is 3. The van der Waals surface area contributed by atoms with Crippen molar-refractivity contribution in [3.05, 3.63) is 29.6 Å². The molecule has 3 rings (SSSR count). The normalized spacial score (nSPS) is 21.9. The predicted octanol–water partition coefficient (Wildman–Crippen LogP) is 3.19. The molecule has 0 bridgehead atoms. The van der Waals surface area contributed by atoms with Gasteiger partial charge in [-0.05, 0) is 37.5 Å². The number of hydrogen-bond acceptors (Lipinski definition) is 4. The lowest BCUT2D eigenvalue weighted by molar-refractivity contribution is -0.137. The summed E-state index contributed by atoms with van der Waals surface area (Å²) in [5, 5.41) is 2.83. The first-order chi connectivity index (χ1) is 12.7. The van der Waals surface area contributed by atoms with E-state index in [1.165, 1.54) is 6.07 Å². The lowest BCUT2D eigenvalue weighted by atomic mass is 9.83. The SMILES string of the molecule is CO[C@@H]1CC[C@H](C(=O)NCc2nc3cc(C(F)(F)F)ccc3n2C)C[C@H]1N.Cl.Cl. The maximum Gasteiger partial charge on any atom is 0.416 e. The van der Waals surface area contributed by atoms with Crippen LogP contribution in [0.5, 0.6) is 0 Å². The van der Waals surface area contributed by atoms with Crippen molar-refractivity contribution in [2.75, 3.05) is 7.11 Å². The second-order valence-corrected chi connectivity index (χ2v) is 6.95. The summed E-state index contributed by atoms with van der Waals surface area (Å²) < 4.78 is 45.5. The number of amides is 1. The highest BCUT2D eigenvalue weighted by molar-refractivity contribution is 5.85. The van der Waals surface area contributed by atoms with Crippen LogP contribution >= 0.6 is 24.8 Å². The molecule has 1 aliphatic rings. The number of nitrogens with zero attached hydrogens (tertiary/aromatic N) is 2. The highest BCUT2D eigenvalue weighted by Crippen LogP contribution is 2.31. The average molecular weight is 457 g/mol. The van der Waals surface area contributed by atoms with Gasteiger partial charge in [-0.1, -0.05) is 0 Å². The smallest absolute Gasteiger partial charge is 0.380 e. The van der Waals surface area contributed by atoms with Crippen molar-refractivity contribution in [3.8, 4) is 0 Å². The summed E-state index contributed by atoms with van der Waals surface area (Å²) >= 11 is 0. The first kappa shape index (κ1) is 25.5. The second-order valence-electron chi connectivity index (χ2n) is 6.95. The van der Waals surface area contributed by atoms with Crippen LogP contribution in [0.4, 0.5) is 13.2 Å².